The minimum atomic E-state index is -0.322. The predicted molar refractivity (Wildman–Crippen MR) is 128 cm³/mol. The molecule has 3 heterocycles. The molecule has 1 aliphatic carbocycles. The Kier molecular flexibility index (Phi) is 5.74. The van der Waals surface area contributed by atoms with Crippen molar-refractivity contribution in [1.82, 2.24) is 25.4 Å². The van der Waals surface area contributed by atoms with Crippen LogP contribution in [-0.2, 0) is 4.79 Å². The van der Waals surface area contributed by atoms with Crippen LogP contribution in [0.15, 0.2) is 46.9 Å². The maximum absolute atomic E-state index is 13.2. The number of carbonyl (C=O) groups is 2. The minimum Gasteiger partial charge on any atom is -0.436 e. The highest BCUT2D eigenvalue weighted by Gasteiger charge is 2.40. The zero-order valence-electron chi connectivity index (χ0n) is 19.4. The van der Waals surface area contributed by atoms with Gasteiger partial charge in [0, 0.05) is 43.3 Å². The number of carbonyl (C=O) groups excluding carboxylic acids is 2. The van der Waals surface area contributed by atoms with Crippen LogP contribution in [0.2, 0.25) is 0 Å². The third-order valence-electron chi connectivity index (χ3n) is 7.45. The van der Waals surface area contributed by atoms with Crippen molar-refractivity contribution in [3.8, 4) is 11.5 Å². The summed E-state index contributed by atoms with van der Waals surface area (Å²) in [6, 6.07) is 11.5. The number of hydrogen-bond donors (Lipinski definition) is 2. The molecule has 3 aromatic rings. The van der Waals surface area contributed by atoms with Crippen LogP contribution in [0.3, 0.4) is 0 Å². The standard InChI is InChI=1S/C26H28FN5O3/c27-18-8-5-16(6-9-18)24-28-21-10-7-17(15-22(21)35-24)25(34)31-11-13-32(14-12-31)26-29-20-4-2-1-3-19(20)23(33)30-26/h5-10,15,19-20,26,29H,1-4,11-14H2,(H,30,33). The van der Waals surface area contributed by atoms with Gasteiger partial charge in [-0.25, -0.2) is 9.37 Å². The van der Waals surface area contributed by atoms with Crippen LogP contribution in [0.5, 0.6) is 0 Å². The fourth-order valence-electron chi connectivity index (χ4n) is 5.47. The van der Waals surface area contributed by atoms with Crippen molar-refractivity contribution < 1.29 is 18.4 Å². The van der Waals surface area contributed by atoms with E-state index in [9.17, 15) is 14.0 Å². The molecule has 2 aromatic carbocycles. The summed E-state index contributed by atoms with van der Waals surface area (Å²) in [5.41, 5.74) is 2.38. The summed E-state index contributed by atoms with van der Waals surface area (Å²) < 4.78 is 19.1. The molecule has 3 atom stereocenters. The quantitative estimate of drug-likeness (QED) is 0.603. The zero-order chi connectivity index (χ0) is 23.9. The van der Waals surface area contributed by atoms with E-state index in [4.69, 9.17) is 4.42 Å². The molecule has 0 spiro atoms. The number of amides is 2. The highest BCUT2D eigenvalue weighted by molar-refractivity contribution is 5.97. The van der Waals surface area contributed by atoms with Crippen LogP contribution in [0.4, 0.5) is 4.39 Å². The van der Waals surface area contributed by atoms with Crippen LogP contribution in [0.25, 0.3) is 22.6 Å². The van der Waals surface area contributed by atoms with Crippen LogP contribution >= 0.6 is 0 Å². The second kappa shape index (κ2) is 9.05. The van der Waals surface area contributed by atoms with Crippen LogP contribution in [-0.4, -0.2) is 65.1 Å². The van der Waals surface area contributed by atoms with Gasteiger partial charge in [-0.1, -0.05) is 12.8 Å². The Morgan fingerprint density at radius 1 is 1.03 bits per heavy atom. The average molecular weight is 478 g/mol. The summed E-state index contributed by atoms with van der Waals surface area (Å²) in [7, 11) is 0. The lowest BCUT2D eigenvalue weighted by atomic mass is 9.82. The molecule has 2 saturated heterocycles. The first-order valence-corrected chi connectivity index (χ1v) is 12.3. The van der Waals surface area contributed by atoms with E-state index in [0.29, 0.717) is 54.3 Å². The van der Waals surface area contributed by atoms with E-state index in [0.717, 1.165) is 25.7 Å². The monoisotopic (exact) mass is 477 g/mol. The van der Waals surface area contributed by atoms with Gasteiger partial charge in [0.2, 0.25) is 11.8 Å². The molecule has 8 nitrogen and oxygen atoms in total. The van der Waals surface area contributed by atoms with Crippen molar-refractivity contribution in [2.24, 2.45) is 5.92 Å². The van der Waals surface area contributed by atoms with Gasteiger partial charge in [0.1, 0.15) is 17.6 Å². The fourth-order valence-corrected chi connectivity index (χ4v) is 5.47. The van der Waals surface area contributed by atoms with Gasteiger partial charge in [-0.05, 0) is 55.3 Å². The number of piperazine rings is 1. The van der Waals surface area contributed by atoms with Crippen molar-refractivity contribution in [3.63, 3.8) is 0 Å². The van der Waals surface area contributed by atoms with Crippen molar-refractivity contribution in [2.45, 2.75) is 38.0 Å². The van der Waals surface area contributed by atoms with Crippen molar-refractivity contribution in [2.75, 3.05) is 26.2 Å². The largest absolute Gasteiger partial charge is 0.436 e. The van der Waals surface area contributed by atoms with Crippen molar-refractivity contribution in [1.29, 1.82) is 0 Å². The molecule has 182 valence electrons. The molecule has 3 unspecified atom stereocenters. The maximum atomic E-state index is 13.2. The third kappa shape index (κ3) is 4.30. The fraction of sp³-hybridized carbons (Fsp3) is 0.423. The number of halogens is 1. The smallest absolute Gasteiger partial charge is 0.254 e. The lowest BCUT2D eigenvalue weighted by Crippen LogP contribution is -2.69. The SMILES string of the molecule is O=C1NC(N2CCN(C(=O)c3ccc4nc(-c5ccc(F)cc5)oc4c3)CC2)NC2CCCCC12. The molecular formula is C26H28FN5O3. The summed E-state index contributed by atoms with van der Waals surface area (Å²) in [4.78, 5) is 34.3. The summed E-state index contributed by atoms with van der Waals surface area (Å²) in [5.74, 6) is 0.243. The zero-order valence-corrected chi connectivity index (χ0v) is 19.4. The molecule has 2 aliphatic heterocycles. The molecular weight excluding hydrogens is 449 g/mol. The molecule has 35 heavy (non-hydrogen) atoms. The normalized spacial score (nSPS) is 25.3. The van der Waals surface area contributed by atoms with Gasteiger partial charge in [-0.3, -0.25) is 19.8 Å². The average Bonchev–Trinajstić information content (AvgIpc) is 3.32. The Bertz CT molecular complexity index is 1250. The van der Waals surface area contributed by atoms with Crippen molar-refractivity contribution in [3.05, 3.63) is 53.8 Å². The lowest BCUT2D eigenvalue weighted by Gasteiger charge is -2.46. The summed E-state index contributed by atoms with van der Waals surface area (Å²) in [6.07, 6.45) is 4.11. The molecule has 3 aliphatic rings. The minimum absolute atomic E-state index is 0.0562. The predicted octanol–water partition coefficient (Wildman–Crippen LogP) is 2.95. The molecule has 0 bridgehead atoms. The van der Waals surface area contributed by atoms with Crippen LogP contribution in [0, 0.1) is 11.7 Å². The van der Waals surface area contributed by atoms with Crippen molar-refractivity contribution >= 4 is 22.9 Å². The third-order valence-corrected chi connectivity index (χ3v) is 7.45. The van der Waals surface area contributed by atoms with E-state index >= 15 is 0 Å². The van der Waals surface area contributed by atoms with Gasteiger partial charge in [0.25, 0.3) is 5.91 Å². The Hall–Kier alpha value is -3.30. The number of nitrogens with zero attached hydrogens (tertiary/aromatic N) is 3. The number of aromatic nitrogens is 1. The summed E-state index contributed by atoms with van der Waals surface area (Å²) in [6.45, 7) is 2.52. The Morgan fingerprint density at radius 3 is 2.60 bits per heavy atom. The van der Waals surface area contributed by atoms with E-state index in [-0.39, 0.29) is 35.9 Å². The summed E-state index contributed by atoms with van der Waals surface area (Å²) in [5, 5.41) is 6.75. The molecule has 0 radical (unpaired) electrons. The van der Waals surface area contributed by atoms with Crippen LogP contribution < -0.4 is 10.6 Å². The second-order valence-electron chi connectivity index (χ2n) is 9.61. The Labute approximate surface area is 202 Å². The molecule has 2 amide bonds. The van der Waals surface area contributed by atoms with Gasteiger partial charge in [0.15, 0.2) is 5.58 Å². The molecule has 3 fully saturated rings. The molecule has 6 rings (SSSR count). The highest BCUT2D eigenvalue weighted by atomic mass is 19.1. The first kappa shape index (κ1) is 22.2. The van der Waals surface area contributed by atoms with E-state index in [1.807, 2.05) is 4.90 Å². The lowest BCUT2D eigenvalue weighted by molar-refractivity contribution is -0.134. The number of benzene rings is 2. The number of hydrogen-bond acceptors (Lipinski definition) is 6. The Balaban J connectivity index is 1.11. The Morgan fingerprint density at radius 2 is 1.80 bits per heavy atom. The van der Waals surface area contributed by atoms with Gasteiger partial charge in [0.05, 0.1) is 5.92 Å². The van der Waals surface area contributed by atoms with E-state index < -0.39 is 0 Å². The number of fused-ring (bicyclic) bond motifs is 2. The number of oxazole rings is 1. The highest BCUT2D eigenvalue weighted by Crippen LogP contribution is 2.28. The topological polar surface area (TPSA) is 90.7 Å². The molecule has 2 N–H and O–H groups in total. The molecule has 9 heteroatoms. The number of rotatable bonds is 3. The number of nitrogens with one attached hydrogen (secondary N) is 2. The summed E-state index contributed by atoms with van der Waals surface area (Å²) >= 11 is 0. The molecule has 1 saturated carbocycles. The van der Waals surface area contributed by atoms with Gasteiger partial charge >= 0.3 is 0 Å². The van der Waals surface area contributed by atoms with E-state index in [2.05, 4.69) is 20.5 Å². The molecule has 1 aromatic heterocycles. The van der Waals surface area contributed by atoms with Gasteiger partial charge in [-0.15, -0.1) is 0 Å². The first-order valence-electron chi connectivity index (χ1n) is 12.3. The van der Waals surface area contributed by atoms with E-state index in [1.54, 1.807) is 30.3 Å². The maximum Gasteiger partial charge on any atom is 0.254 e. The van der Waals surface area contributed by atoms with Gasteiger partial charge < -0.3 is 14.6 Å². The van der Waals surface area contributed by atoms with E-state index in [1.165, 1.54) is 12.1 Å². The van der Waals surface area contributed by atoms with Crippen LogP contribution in [0.1, 0.15) is 36.0 Å². The first-order chi connectivity index (χ1) is 17.0. The second-order valence-corrected chi connectivity index (χ2v) is 9.61. The van der Waals surface area contributed by atoms with Gasteiger partial charge in [-0.2, -0.15) is 0 Å².